The van der Waals surface area contributed by atoms with Crippen LogP contribution in [0.15, 0.2) is 49.1 Å². The number of benzene rings is 2. The zero-order valence-corrected chi connectivity index (χ0v) is 12.6. The van der Waals surface area contributed by atoms with Gasteiger partial charge in [0, 0.05) is 0 Å². The Morgan fingerprint density at radius 3 is 1.71 bits per heavy atom. The van der Waals surface area contributed by atoms with Gasteiger partial charge in [0.05, 0.1) is 34.2 Å². The van der Waals surface area contributed by atoms with Crippen LogP contribution >= 0.6 is 12.1 Å². The first-order valence-corrected chi connectivity index (χ1v) is 7.50. The second-order valence-corrected chi connectivity index (χ2v) is 6.16. The van der Waals surface area contributed by atoms with Gasteiger partial charge < -0.3 is 0 Å². The predicted molar refractivity (Wildman–Crippen MR) is 87.3 cm³/mol. The molecule has 0 saturated heterocycles. The summed E-state index contributed by atoms with van der Waals surface area (Å²) in [6.45, 7) is 4.16. The van der Waals surface area contributed by atoms with Gasteiger partial charge in [-0.05, 0) is 49.2 Å². The van der Waals surface area contributed by atoms with E-state index in [1.807, 2.05) is 12.7 Å². The Morgan fingerprint density at radius 2 is 1.24 bits per heavy atom. The summed E-state index contributed by atoms with van der Waals surface area (Å²) in [5, 5.41) is 0. The number of rotatable bonds is 2. The molecule has 0 aliphatic heterocycles. The average molecular weight is 294 g/mol. The molecule has 2 heterocycles. The quantitative estimate of drug-likeness (QED) is 0.561. The van der Waals surface area contributed by atoms with Gasteiger partial charge in [0.25, 0.3) is 0 Å². The summed E-state index contributed by atoms with van der Waals surface area (Å²) in [6, 6.07) is 12.6. The van der Waals surface area contributed by atoms with E-state index in [4.69, 9.17) is 0 Å². The fraction of sp³-hybridized carbons (Fsp3) is 0.125. The van der Waals surface area contributed by atoms with E-state index in [0.29, 0.717) is 0 Å². The molecule has 0 aliphatic rings. The molecule has 21 heavy (non-hydrogen) atoms. The van der Waals surface area contributed by atoms with E-state index in [2.05, 4.69) is 68.2 Å². The molecule has 2 aromatic heterocycles. The van der Waals surface area contributed by atoms with Crippen LogP contribution in [0.3, 0.4) is 0 Å². The van der Waals surface area contributed by atoms with Crippen molar-refractivity contribution in [2.75, 3.05) is 0 Å². The highest BCUT2D eigenvalue weighted by molar-refractivity contribution is 7.96. The van der Waals surface area contributed by atoms with Gasteiger partial charge in [-0.15, -0.1) is 0 Å². The highest BCUT2D eigenvalue weighted by Gasteiger charge is 2.07. The second kappa shape index (κ2) is 4.63. The summed E-state index contributed by atoms with van der Waals surface area (Å²) in [5.74, 6) is 0. The van der Waals surface area contributed by atoms with Crippen LogP contribution in [0.5, 0.6) is 0 Å². The Hall–Kier alpha value is -2.27. The van der Waals surface area contributed by atoms with Crippen LogP contribution < -0.4 is 0 Å². The third kappa shape index (κ3) is 2.10. The molecule has 0 saturated carbocycles. The Morgan fingerprint density at radius 1 is 0.762 bits per heavy atom. The normalized spacial score (nSPS) is 11.5. The van der Waals surface area contributed by atoms with Crippen LogP contribution in [0.2, 0.25) is 0 Å². The molecule has 0 N–H and O–H groups in total. The summed E-state index contributed by atoms with van der Waals surface area (Å²) in [5.41, 5.74) is 6.70. The SMILES string of the molecule is Cc1ccc2c(c1)ncn2Sn1cnc2cc(C)ccc21. The zero-order valence-electron chi connectivity index (χ0n) is 11.8. The smallest absolute Gasteiger partial charge is 0.108 e. The molecule has 5 heteroatoms. The maximum atomic E-state index is 4.46. The first kappa shape index (κ1) is 12.5. The number of hydrogen-bond acceptors (Lipinski definition) is 3. The topological polar surface area (TPSA) is 35.6 Å². The number of hydrogen-bond donors (Lipinski definition) is 0. The number of aryl methyl sites for hydroxylation is 2. The van der Waals surface area contributed by atoms with Gasteiger partial charge in [-0.1, -0.05) is 12.1 Å². The molecular weight excluding hydrogens is 280 g/mol. The predicted octanol–water partition coefficient (Wildman–Crippen LogP) is 3.96. The lowest BCUT2D eigenvalue weighted by molar-refractivity contribution is 1.20. The summed E-state index contributed by atoms with van der Waals surface area (Å²) < 4.78 is 4.13. The molecule has 4 rings (SSSR count). The van der Waals surface area contributed by atoms with Crippen molar-refractivity contribution in [3.63, 3.8) is 0 Å². The van der Waals surface area contributed by atoms with Crippen LogP contribution in [-0.2, 0) is 0 Å². The van der Waals surface area contributed by atoms with E-state index in [-0.39, 0.29) is 0 Å². The Labute approximate surface area is 126 Å². The Bertz CT molecular complexity index is 873. The average Bonchev–Trinajstić information content (AvgIpc) is 3.03. The first-order valence-electron chi connectivity index (χ1n) is 6.77. The van der Waals surface area contributed by atoms with Crippen molar-refractivity contribution < 1.29 is 0 Å². The fourth-order valence-electron chi connectivity index (χ4n) is 2.43. The molecule has 0 amide bonds. The van der Waals surface area contributed by atoms with Crippen LogP contribution in [0.25, 0.3) is 22.1 Å². The molecule has 0 spiro atoms. The van der Waals surface area contributed by atoms with Gasteiger partial charge in [-0.25, -0.2) is 9.97 Å². The largest absolute Gasteiger partial charge is 0.254 e. The van der Waals surface area contributed by atoms with E-state index >= 15 is 0 Å². The van der Waals surface area contributed by atoms with Crippen molar-refractivity contribution in [1.82, 2.24) is 17.9 Å². The highest BCUT2D eigenvalue weighted by atomic mass is 32.2. The number of nitrogens with zero attached hydrogens (tertiary/aromatic N) is 4. The standard InChI is InChI=1S/C16H14N4S/c1-11-3-5-15-13(7-11)17-9-19(15)21-20-10-18-14-8-12(2)4-6-16(14)20/h3-10H,1-2H3. The molecule has 4 nitrogen and oxygen atoms in total. The third-order valence-electron chi connectivity index (χ3n) is 3.52. The van der Waals surface area contributed by atoms with Crippen molar-refractivity contribution in [1.29, 1.82) is 0 Å². The van der Waals surface area contributed by atoms with E-state index in [1.54, 1.807) is 12.1 Å². The first-order chi connectivity index (χ1) is 10.2. The van der Waals surface area contributed by atoms with E-state index in [1.165, 1.54) is 11.1 Å². The van der Waals surface area contributed by atoms with Gasteiger partial charge in [-0.2, -0.15) is 0 Å². The minimum absolute atomic E-state index is 1.02. The summed E-state index contributed by atoms with van der Waals surface area (Å²) in [6.07, 6.45) is 3.71. The van der Waals surface area contributed by atoms with Crippen molar-refractivity contribution in [3.05, 3.63) is 60.2 Å². The van der Waals surface area contributed by atoms with Crippen LogP contribution in [-0.4, -0.2) is 17.9 Å². The molecule has 2 aromatic carbocycles. The number of aromatic nitrogens is 4. The van der Waals surface area contributed by atoms with Gasteiger partial charge >= 0.3 is 0 Å². The van der Waals surface area contributed by atoms with Crippen molar-refractivity contribution in [2.24, 2.45) is 0 Å². The van der Waals surface area contributed by atoms with Gasteiger partial charge in [0.2, 0.25) is 0 Å². The highest BCUT2D eigenvalue weighted by Crippen LogP contribution is 2.24. The van der Waals surface area contributed by atoms with Gasteiger partial charge in [0.15, 0.2) is 0 Å². The van der Waals surface area contributed by atoms with Crippen molar-refractivity contribution >= 4 is 34.2 Å². The maximum Gasteiger partial charge on any atom is 0.108 e. The molecule has 0 fully saturated rings. The summed E-state index contributed by atoms with van der Waals surface area (Å²) in [4.78, 5) is 8.93. The molecule has 104 valence electrons. The minimum Gasteiger partial charge on any atom is -0.254 e. The third-order valence-corrected chi connectivity index (χ3v) is 4.45. The van der Waals surface area contributed by atoms with Crippen molar-refractivity contribution in [2.45, 2.75) is 13.8 Å². The molecule has 0 aliphatic carbocycles. The van der Waals surface area contributed by atoms with E-state index < -0.39 is 0 Å². The monoisotopic (exact) mass is 294 g/mol. The lowest BCUT2D eigenvalue weighted by atomic mass is 10.2. The summed E-state index contributed by atoms with van der Waals surface area (Å²) >= 11 is 1.58. The van der Waals surface area contributed by atoms with Gasteiger partial charge in [0.1, 0.15) is 12.7 Å². The Balaban J connectivity index is 1.79. The van der Waals surface area contributed by atoms with Crippen molar-refractivity contribution in [3.8, 4) is 0 Å². The fourth-order valence-corrected chi connectivity index (χ4v) is 3.28. The van der Waals surface area contributed by atoms with Crippen LogP contribution in [0.4, 0.5) is 0 Å². The minimum atomic E-state index is 1.02. The molecule has 4 aromatic rings. The lowest BCUT2D eigenvalue weighted by Gasteiger charge is -2.05. The summed E-state index contributed by atoms with van der Waals surface area (Å²) in [7, 11) is 0. The number of fused-ring (bicyclic) bond motifs is 2. The van der Waals surface area contributed by atoms with Crippen LogP contribution in [0.1, 0.15) is 11.1 Å². The molecule has 0 unspecified atom stereocenters. The molecule has 0 radical (unpaired) electrons. The van der Waals surface area contributed by atoms with Crippen LogP contribution in [0, 0.1) is 13.8 Å². The molecule has 0 bridgehead atoms. The molecule has 0 atom stereocenters. The number of imidazole rings is 2. The Kier molecular flexibility index (Phi) is 2.75. The van der Waals surface area contributed by atoms with Gasteiger partial charge in [-0.3, -0.25) is 7.94 Å². The lowest BCUT2D eigenvalue weighted by Crippen LogP contribution is -1.92. The zero-order chi connectivity index (χ0) is 14.4. The van der Waals surface area contributed by atoms with E-state index in [0.717, 1.165) is 22.1 Å². The molecular formula is C16H14N4S. The second-order valence-electron chi connectivity index (χ2n) is 5.21. The van der Waals surface area contributed by atoms with E-state index in [9.17, 15) is 0 Å². The maximum absolute atomic E-state index is 4.46.